The molecule has 0 unspecified atom stereocenters. The first-order valence-electron chi connectivity index (χ1n) is 7.94. The van der Waals surface area contributed by atoms with E-state index in [1.54, 1.807) is 26.4 Å². The average Bonchev–Trinajstić information content (AvgIpc) is 2.66. The van der Waals surface area contributed by atoms with E-state index in [-0.39, 0.29) is 5.57 Å². The van der Waals surface area contributed by atoms with Crippen LogP contribution in [0.4, 0.5) is 0 Å². The van der Waals surface area contributed by atoms with Gasteiger partial charge in [-0.05, 0) is 58.3 Å². The van der Waals surface area contributed by atoms with Crippen LogP contribution in [-0.4, -0.2) is 26.7 Å². The molecule has 2 aromatic rings. The molecule has 0 spiro atoms. The van der Waals surface area contributed by atoms with Gasteiger partial charge in [0.2, 0.25) is 0 Å². The molecule has 26 heavy (non-hydrogen) atoms. The summed E-state index contributed by atoms with van der Waals surface area (Å²) in [6.07, 6.45) is 2.25. The number of rotatable bonds is 7. The molecule has 0 heterocycles. The van der Waals surface area contributed by atoms with E-state index in [0.29, 0.717) is 30.0 Å². The molecule has 0 bridgehead atoms. The van der Waals surface area contributed by atoms with E-state index in [9.17, 15) is 10.1 Å². The number of hydrogen-bond acceptors (Lipinski definition) is 4. The van der Waals surface area contributed by atoms with Gasteiger partial charge in [0.05, 0.1) is 17.8 Å². The summed E-state index contributed by atoms with van der Waals surface area (Å²) in [5, 5.41) is 12.1. The van der Waals surface area contributed by atoms with Crippen molar-refractivity contribution in [3.05, 3.63) is 62.7 Å². The number of carbonyl (C=O) groups excluding carboxylic acids is 1. The smallest absolute Gasteiger partial charge is 0.261 e. The lowest BCUT2D eigenvalue weighted by molar-refractivity contribution is -0.117. The Balaban J connectivity index is 2.10. The zero-order chi connectivity index (χ0) is 18.9. The number of nitrogens with one attached hydrogen (secondary N) is 1. The van der Waals surface area contributed by atoms with Gasteiger partial charge in [-0.2, -0.15) is 5.26 Å². The predicted octanol–water partition coefficient (Wildman–Crippen LogP) is 3.57. The highest BCUT2D eigenvalue weighted by atomic mass is 127. The van der Waals surface area contributed by atoms with E-state index >= 15 is 0 Å². The molecule has 0 aliphatic carbocycles. The highest BCUT2D eigenvalue weighted by Crippen LogP contribution is 2.34. The van der Waals surface area contributed by atoms with Crippen LogP contribution in [0.25, 0.3) is 6.08 Å². The second-order valence-corrected chi connectivity index (χ2v) is 6.56. The van der Waals surface area contributed by atoms with Crippen molar-refractivity contribution in [2.75, 3.05) is 20.8 Å². The molecule has 0 aromatic heterocycles. The zero-order valence-corrected chi connectivity index (χ0v) is 16.7. The molecular weight excluding hydrogens is 443 g/mol. The quantitative estimate of drug-likeness (QED) is 0.388. The topological polar surface area (TPSA) is 71.3 Å². The first-order valence-corrected chi connectivity index (χ1v) is 9.02. The molecule has 0 radical (unpaired) electrons. The van der Waals surface area contributed by atoms with Crippen molar-refractivity contribution >= 4 is 34.6 Å². The minimum Gasteiger partial charge on any atom is -0.493 e. The fourth-order valence-corrected chi connectivity index (χ4v) is 3.24. The van der Waals surface area contributed by atoms with Crippen LogP contribution in [0.2, 0.25) is 0 Å². The molecule has 2 rings (SSSR count). The molecule has 1 N–H and O–H groups in total. The van der Waals surface area contributed by atoms with Crippen LogP contribution in [-0.2, 0) is 11.2 Å². The maximum Gasteiger partial charge on any atom is 0.261 e. The number of ether oxygens (including phenoxy) is 2. The number of nitrogens with zero attached hydrogens (tertiary/aromatic N) is 1. The molecule has 6 heteroatoms. The number of halogens is 1. The summed E-state index contributed by atoms with van der Waals surface area (Å²) >= 11 is 2.12. The van der Waals surface area contributed by atoms with Gasteiger partial charge in [-0.1, -0.05) is 30.3 Å². The molecule has 5 nitrogen and oxygen atoms in total. The molecule has 1 amide bonds. The summed E-state index contributed by atoms with van der Waals surface area (Å²) in [7, 11) is 3.11. The number of amides is 1. The Morgan fingerprint density at radius 1 is 1.23 bits per heavy atom. The molecule has 0 saturated heterocycles. The lowest BCUT2D eigenvalue weighted by Crippen LogP contribution is -2.26. The Labute approximate surface area is 166 Å². The lowest BCUT2D eigenvalue weighted by atomic mass is 10.1. The van der Waals surface area contributed by atoms with E-state index in [4.69, 9.17) is 9.47 Å². The molecule has 134 valence electrons. The summed E-state index contributed by atoms with van der Waals surface area (Å²) in [4.78, 5) is 12.3. The Kier molecular flexibility index (Phi) is 7.48. The minimum atomic E-state index is -0.395. The van der Waals surface area contributed by atoms with Gasteiger partial charge in [0, 0.05) is 6.54 Å². The number of nitriles is 1. The SMILES string of the molecule is COc1cc(/C=C(\C#N)C(=O)NCCc2ccccc2)cc(I)c1OC. The molecule has 0 fully saturated rings. The fourth-order valence-electron chi connectivity index (χ4n) is 2.40. The summed E-state index contributed by atoms with van der Waals surface area (Å²) in [5.41, 5.74) is 1.87. The van der Waals surface area contributed by atoms with E-state index in [1.165, 1.54) is 0 Å². The van der Waals surface area contributed by atoms with Gasteiger partial charge in [-0.25, -0.2) is 0 Å². The standard InChI is InChI=1S/C20H19IN2O3/c1-25-18-12-15(11-17(21)19(18)26-2)10-16(13-22)20(24)23-9-8-14-6-4-3-5-7-14/h3-7,10-12H,8-9H2,1-2H3,(H,23,24)/b16-10+. The number of carbonyl (C=O) groups is 1. The Bertz CT molecular complexity index is 842. The van der Waals surface area contributed by atoms with Crippen molar-refractivity contribution in [3.63, 3.8) is 0 Å². The van der Waals surface area contributed by atoms with Gasteiger partial charge >= 0.3 is 0 Å². The third kappa shape index (κ3) is 5.23. The van der Waals surface area contributed by atoms with Gasteiger partial charge < -0.3 is 14.8 Å². The minimum absolute atomic E-state index is 0.0427. The molecule has 0 aliphatic rings. The monoisotopic (exact) mass is 462 g/mol. The fraction of sp³-hybridized carbons (Fsp3) is 0.200. The van der Waals surface area contributed by atoms with Gasteiger partial charge in [0.25, 0.3) is 5.91 Å². The highest BCUT2D eigenvalue weighted by molar-refractivity contribution is 14.1. The summed E-state index contributed by atoms with van der Waals surface area (Å²) in [6, 6.07) is 15.4. The van der Waals surface area contributed by atoms with E-state index in [1.807, 2.05) is 42.5 Å². The molecule has 0 saturated carbocycles. The molecule has 0 aliphatic heterocycles. The first kappa shape index (κ1) is 19.8. The second-order valence-electron chi connectivity index (χ2n) is 5.40. The Morgan fingerprint density at radius 3 is 2.58 bits per heavy atom. The number of benzene rings is 2. The molecule has 2 aromatic carbocycles. The molecule has 0 atom stereocenters. The maximum absolute atomic E-state index is 12.3. The normalized spacial score (nSPS) is 10.8. The predicted molar refractivity (Wildman–Crippen MR) is 109 cm³/mol. The van der Waals surface area contributed by atoms with Gasteiger partial charge in [-0.3, -0.25) is 4.79 Å². The van der Waals surface area contributed by atoms with Crippen LogP contribution in [0, 0.1) is 14.9 Å². The van der Waals surface area contributed by atoms with Crippen molar-refractivity contribution in [3.8, 4) is 17.6 Å². The van der Waals surface area contributed by atoms with Crippen molar-refractivity contribution < 1.29 is 14.3 Å². The number of methoxy groups -OCH3 is 2. The Morgan fingerprint density at radius 2 is 1.96 bits per heavy atom. The molecular formula is C20H19IN2O3. The van der Waals surface area contributed by atoms with Crippen LogP contribution in [0.15, 0.2) is 48.0 Å². The van der Waals surface area contributed by atoms with Crippen molar-refractivity contribution in [2.24, 2.45) is 0 Å². The Hall–Kier alpha value is -2.53. The van der Waals surface area contributed by atoms with Crippen molar-refractivity contribution in [1.29, 1.82) is 5.26 Å². The van der Waals surface area contributed by atoms with E-state index < -0.39 is 5.91 Å². The largest absolute Gasteiger partial charge is 0.493 e. The van der Waals surface area contributed by atoms with Crippen LogP contribution >= 0.6 is 22.6 Å². The van der Waals surface area contributed by atoms with Gasteiger partial charge in [-0.15, -0.1) is 0 Å². The van der Waals surface area contributed by atoms with Crippen LogP contribution in [0.1, 0.15) is 11.1 Å². The van der Waals surface area contributed by atoms with E-state index in [2.05, 4.69) is 27.9 Å². The summed E-state index contributed by atoms with van der Waals surface area (Å²) in [6.45, 7) is 0.464. The van der Waals surface area contributed by atoms with Crippen molar-refractivity contribution in [1.82, 2.24) is 5.32 Å². The van der Waals surface area contributed by atoms with Crippen LogP contribution in [0.5, 0.6) is 11.5 Å². The third-order valence-corrected chi connectivity index (χ3v) is 4.48. The van der Waals surface area contributed by atoms with Crippen molar-refractivity contribution in [2.45, 2.75) is 6.42 Å². The zero-order valence-electron chi connectivity index (χ0n) is 14.6. The van der Waals surface area contributed by atoms with Gasteiger partial charge in [0.15, 0.2) is 11.5 Å². The maximum atomic E-state index is 12.3. The van der Waals surface area contributed by atoms with E-state index in [0.717, 1.165) is 9.13 Å². The van der Waals surface area contributed by atoms with Crippen LogP contribution in [0.3, 0.4) is 0 Å². The van der Waals surface area contributed by atoms with Gasteiger partial charge in [0.1, 0.15) is 11.6 Å². The first-order chi connectivity index (χ1) is 12.6. The summed E-state index contributed by atoms with van der Waals surface area (Å²) < 4.78 is 11.4. The lowest BCUT2D eigenvalue weighted by Gasteiger charge is -2.11. The average molecular weight is 462 g/mol. The second kappa shape index (κ2) is 9.82. The number of hydrogen-bond donors (Lipinski definition) is 1. The van der Waals surface area contributed by atoms with Crippen LogP contribution < -0.4 is 14.8 Å². The highest BCUT2D eigenvalue weighted by Gasteiger charge is 2.12. The summed E-state index contributed by atoms with van der Waals surface area (Å²) in [5.74, 6) is 0.775. The third-order valence-electron chi connectivity index (χ3n) is 3.67.